The Morgan fingerprint density at radius 1 is 0.935 bits per heavy atom. The van der Waals surface area contributed by atoms with E-state index < -0.39 is 59.1 Å². The topological polar surface area (TPSA) is 93.2 Å². The maximum Gasteiger partial charge on any atom is 0.573 e. The molecule has 1 unspecified atom stereocenters. The molecule has 1 aromatic heterocycles. The van der Waals surface area contributed by atoms with Gasteiger partial charge in [-0.3, -0.25) is 14.5 Å². The Labute approximate surface area is 262 Å². The van der Waals surface area contributed by atoms with E-state index in [1.165, 1.54) is 19.1 Å². The van der Waals surface area contributed by atoms with E-state index in [-0.39, 0.29) is 23.0 Å². The van der Waals surface area contributed by atoms with E-state index in [2.05, 4.69) is 15.0 Å². The fourth-order valence-electron chi connectivity index (χ4n) is 6.12. The summed E-state index contributed by atoms with van der Waals surface area (Å²) in [4.78, 5) is 35.8. The van der Waals surface area contributed by atoms with Gasteiger partial charge in [-0.05, 0) is 64.2 Å². The van der Waals surface area contributed by atoms with Crippen LogP contribution in [-0.2, 0) is 4.79 Å². The molecule has 46 heavy (non-hydrogen) atoms. The minimum absolute atomic E-state index is 0.0773. The molecule has 3 heterocycles. The lowest BCUT2D eigenvalue weighted by atomic mass is 9.87. The first-order valence-electron chi connectivity index (χ1n) is 14.6. The quantitative estimate of drug-likeness (QED) is 0.327. The lowest BCUT2D eigenvalue weighted by Gasteiger charge is -2.30. The second kappa shape index (κ2) is 13.1. The molecule has 5 rings (SSSR count). The molecule has 1 N–H and O–H groups in total. The van der Waals surface area contributed by atoms with Crippen molar-refractivity contribution in [2.75, 3.05) is 39.3 Å². The molecule has 2 amide bonds. The van der Waals surface area contributed by atoms with E-state index >= 15 is 8.78 Å². The number of amides is 2. The fraction of sp³-hybridized carbons (Fsp3) is 0.406. The van der Waals surface area contributed by atoms with Gasteiger partial charge in [0.25, 0.3) is 11.8 Å². The van der Waals surface area contributed by atoms with Gasteiger partial charge in [-0.15, -0.1) is 13.2 Å². The molecule has 0 spiro atoms. The zero-order chi connectivity index (χ0) is 33.3. The number of hydrogen-bond acceptors (Lipinski definition) is 7. The molecule has 3 aromatic rings. The van der Waals surface area contributed by atoms with E-state index in [9.17, 15) is 22.8 Å². The summed E-state index contributed by atoms with van der Waals surface area (Å²) in [6.07, 6.45) is -3.27. The van der Waals surface area contributed by atoms with Gasteiger partial charge in [0.15, 0.2) is 0 Å². The fourth-order valence-corrected chi connectivity index (χ4v) is 6.12. The Hall–Kier alpha value is -4.46. The van der Waals surface area contributed by atoms with E-state index in [1.807, 2.05) is 7.05 Å². The summed E-state index contributed by atoms with van der Waals surface area (Å²) in [7, 11) is 4.76. The number of carbonyl (C=O) groups is 2. The highest BCUT2D eigenvalue weighted by Gasteiger charge is 2.50. The third kappa shape index (κ3) is 6.86. The number of benzene rings is 2. The first kappa shape index (κ1) is 32.9. The zero-order valence-electron chi connectivity index (χ0n) is 25.5. The molecular weight excluding hydrogens is 615 g/mol. The number of hydrogen-bond donors (Lipinski definition) is 1. The average Bonchev–Trinajstić information content (AvgIpc) is 3.24. The van der Waals surface area contributed by atoms with Crippen molar-refractivity contribution in [2.24, 2.45) is 0 Å². The summed E-state index contributed by atoms with van der Waals surface area (Å²) < 4.78 is 83.3. The number of methoxy groups -OCH3 is 2. The Balaban J connectivity index is 1.53. The minimum Gasteiger partial charge on any atom is -0.497 e. The van der Waals surface area contributed by atoms with Gasteiger partial charge in [-0.2, -0.15) is 0 Å². The highest BCUT2D eigenvalue weighted by atomic mass is 19.4. The summed E-state index contributed by atoms with van der Waals surface area (Å²) in [6.45, 7) is 3.30. The molecule has 2 aliphatic rings. The number of ether oxygens (including phenoxy) is 3. The van der Waals surface area contributed by atoms with Gasteiger partial charge in [-0.1, -0.05) is 0 Å². The molecule has 14 heteroatoms. The summed E-state index contributed by atoms with van der Waals surface area (Å²) in [5.74, 6) is -4.66. The summed E-state index contributed by atoms with van der Waals surface area (Å²) in [5.41, 5.74) is 0.156. The van der Waals surface area contributed by atoms with E-state index in [4.69, 9.17) is 14.5 Å². The van der Waals surface area contributed by atoms with Crippen LogP contribution >= 0.6 is 0 Å². The van der Waals surface area contributed by atoms with Crippen molar-refractivity contribution in [2.45, 2.75) is 50.0 Å². The molecule has 0 bridgehead atoms. The molecule has 0 saturated carbocycles. The maximum atomic E-state index is 15.5. The molecule has 2 fully saturated rings. The van der Waals surface area contributed by atoms with E-state index in [1.54, 1.807) is 19.1 Å². The van der Waals surface area contributed by atoms with Crippen molar-refractivity contribution >= 4 is 17.6 Å². The van der Waals surface area contributed by atoms with Gasteiger partial charge >= 0.3 is 6.36 Å². The van der Waals surface area contributed by atoms with Crippen LogP contribution in [0, 0.1) is 11.6 Å². The number of likely N-dealkylation sites (tertiary alicyclic amines) is 1. The number of rotatable bonds is 8. The van der Waals surface area contributed by atoms with Crippen LogP contribution in [0.25, 0.3) is 0 Å². The number of aromatic nitrogens is 1. The molecule has 0 aliphatic carbocycles. The van der Waals surface area contributed by atoms with Gasteiger partial charge in [0.05, 0.1) is 14.2 Å². The van der Waals surface area contributed by atoms with Gasteiger partial charge in [0.2, 0.25) is 0 Å². The monoisotopic (exact) mass is 648 g/mol. The van der Waals surface area contributed by atoms with Crippen molar-refractivity contribution in [1.29, 1.82) is 0 Å². The van der Waals surface area contributed by atoms with E-state index in [0.717, 1.165) is 62.3 Å². The predicted octanol–water partition coefficient (Wildman–Crippen LogP) is 5.40. The van der Waals surface area contributed by atoms with Gasteiger partial charge in [-0.25, -0.2) is 13.8 Å². The Morgan fingerprint density at radius 3 is 2.09 bits per heavy atom. The van der Waals surface area contributed by atoms with Crippen molar-refractivity contribution in [1.82, 2.24) is 15.2 Å². The normalized spacial score (nSPS) is 20.9. The number of alkyl halides is 3. The molecular formula is C32H33F5N4O5. The third-order valence-corrected chi connectivity index (χ3v) is 8.47. The highest BCUT2D eigenvalue weighted by molar-refractivity contribution is 6.05. The van der Waals surface area contributed by atoms with Gasteiger partial charge < -0.3 is 24.4 Å². The second-order valence-corrected chi connectivity index (χ2v) is 11.4. The second-order valence-electron chi connectivity index (χ2n) is 11.4. The number of pyridine rings is 1. The number of nitrogens with one attached hydrogen (secondary N) is 1. The summed E-state index contributed by atoms with van der Waals surface area (Å²) in [6, 6.07) is 6.98. The zero-order valence-corrected chi connectivity index (χ0v) is 25.5. The predicted molar refractivity (Wildman–Crippen MR) is 157 cm³/mol. The molecule has 2 aromatic carbocycles. The van der Waals surface area contributed by atoms with Crippen LogP contribution in [0.2, 0.25) is 0 Å². The number of nitrogens with zero attached hydrogens (tertiary/aromatic N) is 3. The molecule has 246 valence electrons. The van der Waals surface area contributed by atoms with Crippen LogP contribution < -0.4 is 24.4 Å². The maximum absolute atomic E-state index is 15.5. The van der Waals surface area contributed by atoms with Gasteiger partial charge in [0.1, 0.15) is 40.7 Å². The summed E-state index contributed by atoms with van der Waals surface area (Å²) in [5, 5.41) is 2.56. The average molecular weight is 649 g/mol. The largest absolute Gasteiger partial charge is 0.573 e. The standard InChI is InChI=1S/C32H33F5N4O5/c1-17-27(28-23(33)13-21(44-3)14-24(28)34)29(39-30(42)19-5-7-20(8-6-19)46-32(35,36)37)31(43)41(17)26-16-22(45-4)15-25(38-26)18-9-11-40(2)12-10-18/h5-8,13-18,27,29H,9-12H2,1-4H3,(H,39,42)/t17-,27-,29?/m0/s1. The Morgan fingerprint density at radius 2 is 1.52 bits per heavy atom. The van der Waals surface area contributed by atoms with Crippen LogP contribution in [-0.4, -0.2) is 74.5 Å². The number of anilines is 1. The SMILES string of the molecule is COc1cc(C2CCN(C)CC2)nc(N2C(=O)C(NC(=O)c3ccc(OC(F)(F)F)cc3)[C@H](c3c(F)cc(OC)cc3F)[C@@H]2C)c1. The lowest BCUT2D eigenvalue weighted by molar-refractivity contribution is -0.274. The van der Waals surface area contributed by atoms with Crippen LogP contribution in [0.15, 0.2) is 48.5 Å². The highest BCUT2D eigenvalue weighted by Crippen LogP contribution is 2.42. The number of carbonyl (C=O) groups excluding carboxylic acids is 2. The molecule has 0 radical (unpaired) electrons. The molecule has 9 nitrogen and oxygen atoms in total. The van der Waals surface area contributed by atoms with Crippen LogP contribution in [0.5, 0.6) is 17.2 Å². The number of halogens is 5. The Bertz CT molecular complexity index is 1570. The Kier molecular flexibility index (Phi) is 9.38. The molecule has 2 saturated heterocycles. The minimum atomic E-state index is -4.93. The molecule has 2 aliphatic heterocycles. The van der Waals surface area contributed by atoms with Gasteiger partial charge in [0, 0.05) is 59.0 Å². The first-order chi connectivity index (χ1) is 21.8. The van der Waals surface area contributed by atoms with Crippen molar-refractivity contribution in [3.63, 3.8) is 0 Å². The van der Waals surface area contributed by atoms with Crippen molar-refractivity contribution < 1.29 is 45.8 Å². The third-order valence-electron chi connectivity index (χ3n) is 8.47. The smallest absolute Gasteiger partial charge is 0.497 e. The molecule has 3 atom stereocenters. The van der Waals surface area contributed by atoms with Crippen LogP contribution in [0.4, 0.5) is 27.8 Å². The van der Waals surface area contributed by atoms with E-state index in [0.29, 0.717) is 11.4 Å². The lowest BCUT2D eigenvalue weighted by Crippen LogP contribution is -2.44. The van der Waals surface area contributed by atoms with Crippen LogP contribution in [0.1, 0.15) is 53.2 Å². The van der Waals surface area contributed by atoms with Crippen LogP contribution in [0.3, 0.4) is 0 Å². The van der Waals surface area contributed by atoms with Crippen molar-refractivity contribution in [3.8, 4) is 17.2 Å². The summed E-state index contributed by atoms with van der Waals surface area (Å²) >= 11 is 0. The van der Waals surface area contributed by atoms with Crippen molar-refractivity contribution in [3.05, 3.63) is 77.0 Å². The first-order valence-corrected chi connectivity index (χ1v) is 14.6. The number of piperidine rings is 1.